The van der Waals surface area contributed by atoms with Crippen molar-refractivity contribution in [3.05, 3.63) is 53.3 Å². The third kappa shape index (κ3) is 2.68. The second-order valence-electron chi connectivity index (χ2n) is 6.89. The van der Waals surface area contributed by atoms with Gasteiger partial charge in [0.2, 0.25) is 0 Å². The molecule has 0 atom stereocenters. The minimum absolute atomic E-state index is 0.0159. The lowest BCUT2D eigenvalue weighted by Crippen LogP contribution is -2.10. The van der Waals surface area contributed by atoms with E-state index in [9.17, 15) is 9.18 Å². The minimum Gasteiger partial charge on any atom is -0.494 e. The van der Waals surface area contributed by atoms with Gasteiger partial charge in [0.05, 0.1) is 12.8 Å². The van der Waals surface area contributed by atoms with Crippen molar-refractivity contribution in [1.29, 1.82) is 0 Å². The van der Waals surface area contributed by atoms with Crippen LogP contribution in [0.2, 0.25) is 0 Å². The van der Waals surface area contributed by atoms with Crippen molar-refractivity contribution in [2.45, 2.75) is 26.2 Å². The molecular weight excluding hydrogens is 305 g/mol. The van der Waals surface area contributed by atoms with Gasteiger partial charge >= 0.3 is 0 Å². The maximum atomic E-state index is 14.0. The Kier molecular flexibility index (Phi) is 3.91. The fourth-order valence-corrected chi connectivity index (χ4v) is 2.85. The molecule has 4 heteroatoms. The minimum atomic E-state index is -0.458. The van der Waals surface area contributed by atoms with Gasteiger partial charge in [-0.05, 0) is 41.3 Å². The van der Waals surface area contributed by atoms with Crippen molar-refractivity contribution < 1.29 is 13.9 Å². The van der Waals surface area contributed by atoms with Gasteiger partial charge in [0.15, 0.2) is 17.9 Å². The largest absolute Gasteiger partial charge is 0.494 e. The summed E-state index contributed by atoms with van der Waals surface area (Å²) in [4.78, 5) is 14.9. The first-order valence-electron chi connectivity index (χ1n) is 7.80. The number of nitrogens with one attached hydrogen (secondary N) is 1. The Morgan fingerprint density at radius 3 is 2.46 bits per heavy atom. The summed E-state index contributed by atoms with van der Waals surface area (Å²) in [6.07, 6.45) is 0.822. The molecule has 124 valence electrons. The number of rotatable bonds is 3. The zero-order chi connectivity index (χ0) is 17.5. The number of ether oxygens (including phenoxy) is 1. The number of hydrogen-bond acceptors (Lipinski definition) is 2. The molecule has 1 N–H and O–H groups in total. The number of carbonyl (C=O) groups excluding carboxylic acids is 1. The summed E-state index contributed by atoms with van der Waals surface area (Å²) in [5.41, 5.74) is 3.76. The maximum absolute atomic E-state index is 14.0. The fourth-order valence-electron chi connectivity index (χ4n) is 2.85. The molecule has 3 nitrogen and oxygen atoms in total. The van der Waals surface area contributed by atoms with Crippen molar-refractivity contribution in [2.24, 2.45) is 0 Å². The number of benzene rings is 2. The molecule has 0 spiro atoms. The number of carbonyl (C=O) groups is 1. The molecule has 0 aliphatic heterocycles. The van der Waals surface area contributed by atoms with Crippen LogP contribution in [0.1, 0.15) is 36.7 Å². The Labute approximate surface area is 140 Å². The maximum Gasteiger partial charge on any atom is 0.165 e. The number of aromatic nitrogens is 1. The van der Waals surface area contributed by atoms with Crippen LogP contribution in [-0.2, 0) is 5.41 Å². The number of methoxy groups -OCH3 is 1. The number of aromatic amines is 1. The topological polar surface area (TPSA) is 42.1 Å². The molecule has 0 aliphatic rings. The molecule has 0 saturated carbocycles. The van der Waals surface area contributed by atoms with Crippen LogP contribution in [0, 0.1) is 5.82 Å². The third-order valence-electron chi connectivity index (χ3n) is 4.26. The number of hydrogen-bond donors (Lipinski definition) is 1. The van der Waals surface area contributed by atoms with Crippen LogP contribution in [0.3, 0.4) is 0 Å². The smallest absolute Gasteiger partial charge is 0.165 e. The molecule has 2 aromatic carbocycles. The molecule has 0 unspecified atom stereocenters. The van der Waals surface area contributed by atoms with E-state index in [2.05, 4.69) is 25.8 Å². The number of H-pyrrole nitrogens is 1. The molecule has 1 heterocycles. The molecule has 3 aromatic rings. The van der Waals surface area contributed by atoms with Crippen molar-refractivity contribution in [2.75, 3.05) is 7.11 Å². The highest BCUT2D eigenvalue weighted by atomic mass is 19.1. The van der Waals surface area contributed by atoms with Crippen LogP contribution in [0.4, 0.5) is 4.39 Å². The zero-order valence-corrected chi connectivity index (χ0v) is 14.2. The standard InChI is InChI=1S/C20H20FNO2/c1-20(2,3)13-6-7-17-14(10-13)15(11-23)19(22-17)12-5-8-18(24-4)16(21)9-12/h5-11,22H,1-4H3. The normalized spacial score (nSPS) is 11.7. The highest BCUT2D eigenvalue weighted by Crippen LogP contribution is 2.34. The van der Waals surface area contributed by atoms with Gasteiger partial charge in [-0.1, -0.05) is 26.8 Å². The van der Waals surface area contributed by atoms with E-state index < -0.39 is 5.82 Å². The van der Waals surface area contributed by atoms with Crippen molar-refractivity contribution >= 4 is 17.2 Å². The lowest BCUT2D eigenvalue weighted by Gasteiger charge is -2.18. The van der Waals surface area contributed by atoms with Gasteiger partial charge in [0, 0.05) is 22.0 Å². The molecule has 0 bridgehead atoms. The zero-order valence-electron chi connectivity index (χ0n) is 14.2. The first kappa shape index (κ1) is 16.2. The number of halogens is 1. The predicted molar refractivity (Wildman–Crippen MR) is 94.3 cm³/mol. The van der Waals surface area contributed by atoms with Gasteiger partial charge in [-0.2, -0.15) is 0 Å². The molecule has 24 heavy (non-hydrogen) atoms. The van der Waals surface area contributed by atoms with E-state index in [0.717, 1.165) is 22.8 Å². The molecule has 0 saturated heterocycles. The monoisotopic (exact) mass is 325 g/mol. The van der Waals surface area contributed by atoms with E-state index in [1.807, 2.05) is 18.2 Å². The Balaban J connectivity index is 2.22. The first-order valence-corrected chi connectivity index (χ1v) is 7.80. The second kappa shape index (κ2) is 5.78. The molecule has 0 amide bonds. The molecular formula is C20H20FNO2. The average molecular weight is 325 g/mol. The van der Waals surface area contributed by atoms with E-state index >= 15 is 0 Å². The Hall–Kier alpha value is -2.62. The summed E-state index contributed by atoms with van der Waals surface area (Å²) in [6.45, 7) is 6.38. The summed E-state index contributed by atoms with van der Waals surface area (Å²) >= 11 is 0. The summed E-state index contributed by atoms with van der Waals surface area (Å²) in [6, 6.07) is 10.7. The van der Waals surface area contributed by atoms with Crippen LogP contribution < -0.4 is 4.74 Å². The van der Waals surface area contributed by atoms with E-state index in [-0.39, 0.29) is 11.2 Å². The fraction of sp³-hybridized carbons (Fsp3) is 0.250. The van der Waals surface area contributed by atoms with Crippen molar-refractivity contribution in [3.63, 3.8) is 0 Å². The SMILES string of the molecule is COc1ccc(-c2[nH]c3ccc(C(C)(C)C)cc3c2C=O)cc1F. The highest BCUT2D eigenvalue weighted by molar-refractivity contribution is 6.04. The summed E-state index contributed by atoms with van der Waals surface area (Å²) in [5.74, 6) is -0.279. The van der Waals surface area contributed by atoms with Gasteiger partial charge < -0.3 is 9.72 Å². The van der Waals surface area contributed by atoms with Crippen molar-refractivity contribution in [3.8, 4) is 17.0 Å². The lowest BCUT2D eigenvalue weighted by atomic mass is 9.86. The van der Waals surface area contributed by atoms with Crippen molar-refractivity contribution in [1.82, 2.24) is 4.98 Å². The van der Waals surface area contributed by atoms with Crippen LogP contribution in [0.5, 0.6) is 5.75 Å². The Morgan fingerprint density at radius 1 is 1.12 bits per heavy atom. The summed E-state index contributed by atoms with van der Waals surface area (Å²) in [7, 11) is 1.42. The highest BCUT2D eigenvalue weighted by Gasteiger charge is 2.18. The molecule has 0 aliphatic carbocycles. The van der Waals surface area contributed by atoms with Crippen LogP contribution in [-0.4, -0.2) is 18.4 Å². The van der Waals surface area contributed by atoms with Crippen LogP contribution >= 0.6 is 0 Å². The van der Waals surface area contributed by atoms with E-state index in [1.165, 1.54) is 13.2 Å². The van der Waals surface area contributed by atoms with Gasteiger partial charge in [-0.3, -0.25) is 4.79 Å². The van der Waals surface area contributed by atoms with Gasteiger partial charge in [-0.25, -0.2) is 4.39 Å². The first-order chi connectivity index (χ1) is 11.3. The van der Waals surface area contributed by atoms with Crippen LogP contribution in [0.25, 0.3) is 22.2 Å². The van der Waals surface area contributed by atoms with Crippen LogP contribution in [0.15, 0.2) is 36.4 Å². The number of fused-ring (bicyclic) bond motifs is 1. The second-order valence-corrected chi connectivity index (χ2v) is 6.89. The predicted octanol–water partition coefficient (Wildman–Crippen LogP) is 5.09. The van der Waals surface area contributed by atoms with E-state index in [1.54, 1.807) is 12.1 Å². The van der Waals surface area contributed by atoms with Gasteiger partial charge in [0.25, 0.3) is 0 Å². The number of aldehydes is 1. The summed E-state index contributed by atoms with van der Waals surface area (Å²) < 4.78 is 19.0. The Morgan fingerprint density at radius 2 is 1.88 bits per heavy atom. The molecule has 0 radical (unpaired) electrons. The average Bonchev–Trinajstić information content (AvgIpc) is 2.91. The van der Waals surface area contributed by atoms with Gasteiger partial charge in [-0.15, -0.1) is 0 Å². The van der Waals surface area contributed by atoms with E-state index in [4.69, 9.17) is 4.74 Å². The molecule has 1 aromatic heterocycles. The van der Waals surface area contributed by atoms with E-state index in [0.29, 0.717) is 16.8 Å². The Bertz CT molecular complexity index is 919. The van der Waals surface area contributed by atoms with Gasteiger partial charge in [0.1, 0.15) is 0 Å². The lowest BCUT2D eigenvalue weighted by molar-refractivity contribution is 0.112. The third-order valence-corrected chi connectivity index (χ3v) is 4.26. The molecule has 3 rings (SSSR count). The quantitative estimate of drug-likeness (QED) is 0.681. The summed E-state index contributed by atoms with van der Waals surface area (Å²) in [5, 5.41) is 0.851. The molecule has 0 fully saturated rings.